The number of benzene rings is 1. The summed E-state index contributed by atoms with van der Waals surface area (Å²) in [6.07, 6.45) is 1.68. The number of nitrogens with one attached hydrogen (secondary N) is 1. The Morgan fingerprint density at radius 3 is 2.76 bits per heavy atom. The number of hydrogen-bond acceptors (Lipinski definition) is 2. The second-order valence-electron chi connectivity index (χ2n) is 4.60. The topological polar surface area (TPSA) is 54.3 Å². The van der Waals surface area contributed by atoms with Gasteiger partial charge in [0.25, 0.3) is 5.91 Å². The monoisotopic (exact) mass is 302 g/mol. The molecule has 0 fully saturated rings. The number of amides is 1. The van der Waals surface area contributed by atoms with E-state index >= 15 is 0 Å². The van der Waals surface area contributed by atoms with E-state index in [0.29, 0.717) is 16.4 Å². The zero-order valence-electron chi connectivity index (χ0n) is 11.8. The van der Waals surface area contributed by atoms with Crippen LogP contribution in [0, 0.1) is 18.8 Å². The van der Waals surface area contributed by atoms with Crippen LogP contribution in [0.5, 0.6) is 0 Å². The SMILES string of the molecule is Cc1cc(C#CCO)ccc1NC(=O)c1cc(Cl)cn1C. The minimum Gasteiger partial charge on any atom is -0.384 e. The van der Waals surface area contributed by atoms with Gasteiger partial charge in [0.15, 0.2) is 0 Å². The number of halogens is 1. The normalized spacial score (nSPS) is 9.90. The van der Waals surface area contributed by atoms with Gasteiger partial charge in [0, 0.05) is 24.5 Å². The molecule has 0 saturated carbocycles. The van der Waals surface area contributed by atoms with Crippen molar-refractivity contribution in [3.63, 3.8) is 0 Å². The first-order chi connectivity index (χ1) is 10.0. The van der Waals surface area contributed by atoms with Crippen LogP contribution < -0.4 is 5.32 Å². The largest absolute Gasteiger partial charge is 0.384 e. The Labute approximate surface area is 128 Å². The molecule has 0 unspecified atom stereocenters. The summed E-state index contributed by atoms with van der Waals surface area (Å²) in [7, 11) is 1.77. The summed E-state index contributed by atoms with van der Waals surface area (Å²) in [6, 6.07) is 7.06. The molecule has 5 heteroatoms. The van der Waals surface area contributed by atoms with Gasteiger partial charge in [-0.15, -0.1) is 0 Å². The van der Waals surface area contributed by atoms with Crippen molar-refractivity contribution in [1.29, 1.82) is 0 Å². The van der Waals surface area contributed by atoms with Crippen LogP contribution in [0.25, 0.3) is 0 Å². The number of aliphatic hydroxyl groups is 1. The molecule has 1 amide bonds. The van der Waals surface area contributed by atoms with Gasteiger partial charge in [-0.1, -0.05) is 23.4 Å². The van der Waals surface area contributed by atoms with Gasteiger partial charge < -0.3 is 15.0 Å². The number of aromatic nitrogens is 1. The Bertz CT molecular complexity index is 738. The van der Waals surface area contributed by atoms with Crippen LogP contribution in [-0.2, 0) is 7.05 Å². The molecule has 2 rings (SSSR count). The van der Waals surface area contributed by atoms with Gasteiger partial charge in [-0.05, 0) is 36.8 Å². The third-order valence-corrected chi connectivity index (χ3v) is 3.20. The van der Waals surface area contributed by atoms with E-state index in [1.54, 1.807) is 36.0 Å². The smallest absolute Gasteiger partial charge is 0.272 e. The van der Waals surface area contributed by atoms with E-state index in [0.717, 1.165) is 11.1 Å². The predicted octanol–water partition coefficient (Wildman–Crippen LogP) is 2.58. The highest BCUT2D eigenvalue weighted by Crippen LogP contribution is 2.19. The molecule has 0 saturated heterocycles. The molecule has 0 spiro atoms. The molecular formula is C16H15ClN2O2. The maximum atomic E-state index is 12.2. The van der Waals surface area contributed by atoms with Crippen LogP contribution in [0.2, 0.25) is 5.02 Å². The van der Waals surface area contributed by atoms with Gasteiger partial charge in [-0.2, -0.15) is 0 Å². The lowest BCUT2D eigenvalue weighted by molar-refractivity contribution is 0.101. The van der Waals surface area contributed by atoms with Crippen LogP contribution in [0.4, 0.5) is 5.69 Å². The molecule has 0 radical (unpaired) electrons. The first kappa shape index (κ1) is 15.2. The fourth-order valence-corrected chi connectivity index (χ4v) is 2.21. The molecule has 1 aromatic carbocycles. The number of carbonyl (C=O) groups is 1. The summed E-state index contributed by atoms with van der Waals surface area (Å²) < 4.78 is 1.67. The van der Waals surface area contributed by atoms with Gasteiger partial charge >= 0.3 is 0 Å². The Morgan fingerprint density at radius 1 is 1.43 bits per heavy atom. The molecular weight excluding hydrogens is 288 g/mol. The zero-order chi connectivity index (χ0) is 15.4. The molecule has 108 valence electrons. The first-order valence-corrected chi connectivity index (χ1v) is 6.72. The number of rotatable bonds is 2. The van der Waals surface area contributed by atoms with Crippen LogP contribution in [-0.4, -0.2) is 22.2 Å². The molecule has 2 aromatic rings. The van der Waals surface area contributed by atoms with Crippen molar-refractivity contribution in [2.45, 2.75) is 6.92 Å². The Kier molecular flexibility index (Phi) is 4.69. The van der Waals surface area contributed by atoms with Crippen molar-refractivity contribution in [2.24, 2.45) is 7.05 Å². The number of aryl methyl sites for hydroxylation is 2. The second kappa shape index (κ2) is 6.49. The summed E-state index contributed by atoms with van der Waals surface area (Å²) in [5, 5.41) is 12.1. The summed E-state index contributed by atoms with van der Waals surface area (Å²) >= 11 is 5.88. The molecule has 1 heterocycles. The number of anilines is 1. The van der Waals surface area contributed by atoms with Crippen LogP contribution >= 0.6 is 11.6 Å². The van der Waals surface area contributed by atoms with E-state index < -0.39 is 0 Å². The van der Waals surface area contributed by atoms with E-state index in [4.69, 9.17) is 16.7 Å². The lowest BCUT2D eigenvalue weighted by Crippen LogP contribution is -2.16. The third-order valence-electron chi connectivity index (χ3n) is 2.99. The highest BCUT2D eigenvalue weighted by Gasteiger charge is 2.12. The third kappa shape index (κ3) is 3.66. The van der Waals surface area contributed by atoms with E-state index in [9.17, 15) is 4.79 Å². The van der Waals surface area contributed by atoms with Gasteiger partial charge in [0.2, 0.25) is 0 Å². The van der Waals surface area contributed by atoms with Gasteiger partial charge in [-0.3, -0.25) is 4.79 Å². The van der Waals surface area contributed by atoms with Crippen molar-refractivity contribution in [2.75, 3.05) is 11.9 Å². The Morgan fingerprint density at radius 2 is 2.19 bits per heavy atom. The van der Waals surface area contributed by atoms with Crippen molar-refractivity contribution in [1.82, 2.24) is 4.57 Å². The van der Waals surface area contributed by atoms with Crippen molar-refractivity contribution in [3.05, 3.63) is 52.3 Å². The first-order valence-electron chi connectivity index (χ1n) is 6.35. The van der Waals surface area contributed by atoms with Crippen LogP contribution in [0.1, 0.15) is 21.6 Å². The van der Waals surface area contributed by atoms with Crippen molar-refractivity contribution >= 4 is 23.2 Å². The second-order valence-corrected chi connectivity index (χ2v) is 5.03. The maximum Gasteiger partial charge on any atom is 0.272 e. The fraction of sp³-hybridized carbons (Fsp3) is 0.188. The highest BCUT2D eigenvalue weighted by atomic mass is 35.5. The molecule has 4 nitrogen and oxygen atoms in total. The Hall–Kier alpha value is -2.22. The van der Waals surface area contributed by atoms with Gasteiger partial charge in [0.1, 0.15) is 12.3 Å². The average Bonchev–Trinajstić information content (AvgIpc) is 2.78. The minimum absolute atomic E-state index is 0.175. The quantitative estimate of drug-likeness (QED) is 0.838. The van der Waals surface area contributed by atoms with E-state index in [1.807, 2.05) is 13.0 Å². The van der Waals surface area contributed by atoms with Crippen molar-refractivity contribution < 1.29 is 9.90 Å². The lowest BCUT2D eigenvalue weighted by Gasteiger charge is -2.09. The number of aliphatic hydroxyl groups excluding tert-OH is 1. The molecule has 0 aliphatic rings. The predicted molar refractivity (Wildman–Crippen MR) is 83.5 cm³/mol. The van der Waals surface area contributed by atoms with Gasteiger partial charge in [-0.25, -0.2) is 0 Å². The molecule has 0 aliphatic carbocycles. The zero-order valence-corrected chi connectivity index (χ0v) is 12.5. The minimum atomic E-state index is -0.221. The Balaban J connectivity index is 2.20. The molecule has 2 N–H and O–H groups in total. The summed E-state index contributed by atoms with van der Waals surface area (Å²) in [4.78, 5) is 12.2. The number of hydrogen-bond donors (Lipinski definition) is 2. The van der Waals surface area contributed by atoms with Crippen LogP contribution in [0.3, 0.4) is 0 Å². The highest BCUT2D eigenvalue weighted by molar-refractivity contribution is 6.31. The summed E-state index contributed by atoms with van der Waals surface area (Å²) in [6.45, 7) is 1.71. The van der Waals surface area contributed by atoms with E-state index in [-0.39, 0.29) is 12.5 Å². The average molecular weight is 303 g/mol. The molecule has 0 aliphatic heterocycles. The maximum absolute atomic E-state index is 12.2. The molecule has 21 heavy (non-hydrogen) atoms. The van der Waals surface area contributed by atoms with Gasteiger partial charge in [0.05, 0.1) is 5.02 Å². The van der Waals surface area contributed by atoms with Crippen LogP contribution in [0.15, 0.2) is 30.5 Å². The van der Waals surface area contributed by atoms with E-state index in [2.05, 4.69) is 17.2 Å². The van der Waals surface area contributed by atoms with E-state index in [1.165, 1.54) is 0 Å². The molecule has 0 bridgehead atoms. The summed E-state index contributed by atoms with van der Waals surface area (Å²) in [5.74, 6) is 5.19. The summed E-state index contributed by atoms with van der Waals surface area (Å²) in [5.41, 5.74) is 2.89. The fourth-order valence-electron chi connectivity index (χ4n) is 1.96. The van der Waals surface area contributed by atoms with Crippen molar-refractivity contribution in [3.8, 4) is 11.8 Å². The number of carbonyl (C=O) groups excluding carboxylic acids is 1. The lowest BCUT2D eigenvalue weighted by atomic mass is 10.1. The number of nitrogens with zero attached hydrogens (tertiary/aromatic N) is 1. The standard InChI is InChI=1S/C16H15ClN2O2/c1-11-8-12(4-3-7-20)5-6-14(11)18-16(21)15-9-13(17)10-19(15)2/h5-6,8-10,20H,7H2,1-2H3,(H,18,21). The molecule has 0 atom stereocenters. The molecule has 1 aromatic heterocycles.